The van der Waals surface area contributed by atoms with Gasteiger partial charge in [0.05, 0.1) is 0 Å². The van der Waals surface area contributed by atoms with Crippen molar-refractivity contribution in [2.75, 3.05) is 28.6 Å². The summed E-state index contributed by atoms with van der Waals surface area (Å²) in [5.41, 5.74) is 2.05. The number of rotatable bonds is 3. The van der Waals surface area contributed by atoms with E-state index < -0.39 is 11.8 Å². The third-order valence-electron chi connectivity index (χ3n) is 4.16. The summed E-state index contributed by atoms with van der Waals surface area (Å²) in [6, 6.07) is 13.5. The van der Waals surface area contributed by atoms with E-state index in [-0.39, 0.29) is 5.75 Å². The maximum atomic E-state index is 12.0. The molecule has 1 fully saturated rings. The SMILES string of the molecule is O=C(Nc1ccc(N2CCCCC2)cc1)C(=O)Nc1cccc(O)c1. The van der Waals surface area contributed by atoms with E-state index in [2.05, 4.69) is 15.5 Å². The van der Waals surface area contributed by atoms with Gasteiger partial charge in [-0.15, -0.1) is 0 Å². The first-order valence-corrected chi connectivity index (χ1v) is 8.38. The third-order valence-corrected chi connectivity index (χ3v) is 4.16. The van der Waals surface area contributed by atoms with Crippen LogP contribution in [0.4, 0.5) is 17.1 Å². The summed E-state index contributed by atoms with van der Waals surface area (Å²) in [6.07, 6.45) is 3.68. The molecular weight excluding hydrogens is 318 g/mol. The molecular formula is C19H21N3O3. The molecule has 25 heavy (non-hydrogen) atoms. The Kier molecular flexibility index (Phi) is 5.18. The molecule has 0 spiro atoms. The second-order valence-electron chi connectivity index (χ2n) is 6.05. The number of amides is 2. The summed E-state index contributed by atoms with van der Waals surface area (Å²) in [5.74, 6) is -1.52. The van der Waals surface area contributed by atoms with Crippen LogP contribution in [0.15, 0.2) is 48.5 Å². The van der Waals surface area contributed by atoms with Gasteiger partial charge in [0.15, 0.2) is 0 Å². The second-order valence-corrected chi connectivity index (χ2v) is 6.05. The number of benzene rings is 2. The molecule has 0 bridgehead atoms. The fourth-order valence-corrected chi connectivity index (χ4v) is 2.87. The summed E-state index contributed by atoms with van der Waals surface area (Å²) < 4.78 is 0. The number of nitrogens with one attached hydrogen (secondary N) is 2. The van der Waals surface area contributed by atoms with Crippen LogP contribution in [0.1, 0.15) is 19.3 Å². The van der Waals surface area contributed by atoms with E-state index in [0.29, 0.717) is 11.4 Å². The molecule has 2 aromatic carbocycles. The number of nitrogens with zero attached hydrogens (tertiary/aromatic N) is 1. The molecule has 0 atom stereocenters. The number of carbonyl (C=O) groups excluding carboxylic acids is 2. The fourth-order valence-electron chi connectivity index (χ4n) is 2.87. The van der Waals surface area contributed by atoms with Gasteiger partial charge >= 0.3 is 11.8 Å². The lowest BCUT2D eigenvalue weighted by molar-refractivity contribution is -0.132. The predicted octanol–water partition coefficient (Wildman–Crippen LogP) is 2.96. The molecule has 1 heterocycles. The number of phenolic OH excluding ortho intramolecular Hbond substituents is 1. The molecule has 1 saturated heterocycles. The minimum atomic E-state index is -0.786. The number of piperidine rings is 1. The zero-order valence-corrected chi connectivity index (χ0v) is 13.9. The molecule has 1 aliphatic rings. The summed E-state index contributed by atoms with van der Waals surface area (Å²) in [4.78, 5) is 26.2. The van der Waals surface area contributed by atoms with Gasteiger partial charge < -0.3 is 20.6 Å². The minimum absolute atomic E-state index is 0.0199. The monoisotopic (exact) mass is 339 g/mol. The third kappa shape index (κ3) is 4.50. The number of anilines is 3. The fraction of sp³-hybridized carbons (Fsp3) is 0.263. The molecule has 0 aromatic heterocycles. The maximum Gasteiger partial charge on any atom is 0.314 e. The first-order chi connectivity index (χ1) is 12.1. The van der Waals surface area contributed by atoms with Gasteiger partial charge in [0.2, 0.25) is 0 Å². The normalized spacial score (nSPS) is 14.0. The zero-order valence-electron chi connectivity index (χ0n) is 13.9. The number of carbonyl (C=O) groups is 2. The van der Waals surface area contributed by atoms with Gasteiger partial charge in [-0.25, -0.2) is 0 Å². The van der Waals surface area contributed by atoms with Crippen molar-refractivity contribution in [3.05, 3.63) is 48.5 Å². The van der Waals surface area contributed by atoms with E-state index in [4.69, 9.17) is 0 Å². The molecule has 6 nitrogen and oxygen atoms in total. The van der Waals surface area contributed by atoms with Gasteiger partial charge in [0.25, 0.3) is 0 Å². The van der Waals surface area contributed by atoms with Crippen molar-refractivity contribution in [3.63, 3.8) is 0 Å². The highest BCUT2D eigenvalue weighted by Gasteiger charge is 2.15. The topological polar surface area (TPSA) is 81.7 Å². The van der Waals surface area contributed by atoms with Crippen LogP contribution in [0.2, 0.25) is 0 Å². The van der Waals surface area contributed by atoms with Crippen LogP contribution in [-0.4, -0.2) is 30.0 Å². The van der Waals surface area contributed by atoms with Crippen LogP contribution >= 0.6 is 0 Å². The van der Waals surface area contributed by atoms with Crippen molar-refractivity contribution in [3.8, 4) is 5.75 Å². The maximum absolute atomic E-state index is 12.0. The Hall–Kier alpha value is -3.02. The Morgan fingerprint density at radius 2 is 1.48 bits per heavy atom. The Labute approximate surface area is 146 Å². The van der Waals surface area contributed by atoms with Crippen molar-refractivity contribution < 1.29 is 14.7 Å². The van der Waals surface area contributed by atoms with Crippen LogP contribution in [0, 0.1) is 0 Å². The lowest BCUT2D eigenvalue weighted by atomic mass is 10.1. The Balaban J connectivity index is 1.57. The molecule has 3 N–H and O–H groups in total. The summed E-state index contributed by atoms with van der Waals surface area (Å²) in [5, 5.41) is 14.4. The molecule has 1 aliphatic heterocycles. The Bertz CT molecular complexity index is 753. The van der Waals surface area contributed by atoms with Crippen LogP contribution in [-0.2, 0) is 9.59 Å². The van der Waals surface area contributed by atoms with Gasteiger partial charge in [0, 0.05) is 36.2 Å². The van der Waals surface area contributed by atoms with Crippen LogP contribution in [0.5, 0.6) is 5.75 Å². The number of phenols is 1. The standard InChI is InChI=1S/C19H21N3O3/c23-17-6-4-5-15(13-17)21-19(25)18(24)20-14-7-9-16(10-8-14)22-11-2-1-3-12-22/h4-10,13,23H,1-3,11-12H2,(H,20,24)(H,21,25). The number of hydrogen-bond acceptors (Lipinski definition) is 4. The smallest absolute Gasteiger partial charge is 0.314 e. The van der Waals surface area contributed by atoms with Crippen molar-refractivity contribution in [2.45, 2.75) is 19.3 Å². The van der Waals surface area contributed by atoms with Gasteiger partial charge in [0.1, 0.15) is 5.75 Å². The molecule has 2 amide bonds. The first-order valence-electron chi connectivity index (χ1n) is 8.38. The lowest BCUT2D eigenvalue weighted by Crippen LogP contribution is -2.30. The highest BCUT2D eigenvalue weighted by atomic mass is 16.3. The zero-order chi connectivity index (χ0) is 17.6. The average molecular weight is 339 g/mol. The highest BCUT2D eigenvalue weighted by molar-refractivity contribution is 6.43. The van der Waals surface area contributed by atoms with Crippen LogP contribution < -0.4 is 15.5 Å². The number of aromatic hydroxyl groups is 1. The van der Waals surface area contributed by atoms with Crippen LogP contribution in [0.25, 0.3) is 0 Å². The van der Waals surface area contributed by atoms with E-state index in [1.165, 1.54) is 31.4 Å². The lowest BCUT2D eigenvalue weighted by Gasteiger charge is -2.28. The highest BCUT2D eigenvalue weighted by Crippen LogP contribution is 2.22. The van der Waals surface area contributed by atoms with Gasteiger partial charge in [-0.3, -0.25) is 9.59 Å². The molecule has 6 heteroatoms. The Morgan fingerprint density at radius 3 is 2.12 bits per heavy atom. The van der Waals surface area contributed by atoms with Gasteiger partial charge in [-0.1, -0.05) is 6.07 Å². The van der Waals surface area contributed by atoms with Crippen molar-refractivity contribution in [1.82, 2.24) is 0 Å². The number of hydrogen-bond donors (Lipinski definition) is 3. The van der Waals surface area contributed by atoms with Gasteiger partial charge in [-0.2, -0.15) is 0 Å². The summed E-state index contributed by atoms with van der Waals surface area (Å²) in [6.45, 7) is 2.11. The molecule has 0 saturated carbocycles. The molecule has 130 valence electrons. The second kappa shape index (κ2) is 7.70. The predicted molar refractivity (Wildman–Crippen MR) is 97.9 cm³/mol. The van der Waals surface area contributed by atoms with Gasteiger partial charge in [-0.05, 0) is 55.7 Å². The van der Waals surface area contributed by atoms with E-state index in [1.54, 1.807) is 24.3 Å². The van der Waals surface area contributed by atoms with Crippen molar-refractivity contribution >= 4 is 28.9 Å². The first kappa shape index (κ1) is 16.8. The van der Waals surface area contributed by atoms with Crippen LogP contribution in [0.3, 0.4) is 0 Å². The largest absolute Gasteiger partial charge is 0.508 e. The van der Waals surface area contributed by atoms with E-state index in [9.17, 15) is 14.7 Å². The molecule has 2 aromatic rings. The average Bonchev–Trinajstić information content (AvgIpc) is 2.63. The summed E-state index contributed by atoms with van der Waals surface area (Å²) >= 11 is 0. The molecule has 0 unspecified atom stereocenters. The van der Waals surface area contributed by atoms with E-state index >= 15 is 0 Å². The minimum Gasteiger partial charge on any atom is -0.508 e. The quantitative estimate of drug-likeness (QED) is 0.751. The summed E-state index contributed by atoms with van der Waals surface area (Å²) in [7, 11) is 0. The van der Waals surface area contributed by atoms with E-state index in [1.807, 2.05) is 12.1 Å². The molecule has 3 rings (SSSR count). The Morgan fingerprint density at radius 1 is 0.840 bits per heavy atom. The van der Waals surface area contributed by atoms with E-state index in [0.717, 1.165) is 18.8 Å². The van der Waals surface area contributed by atoms with Crippen molar-refractivity contribution in [2.24, 2.45) is 0 Å². The molecule has 0 aliphatic carbocycles. The molecule has 0 radical (unpaired) electrons. The van der Waals surface area contributed by atoms with Crippen molar-refractivity contribution in [1.29, 1.82) is 0 Å².